The Labute approximate surface area is 108 Å². The van der Waals surface area contributed by atoms with Crippen LogP contribution in [0.4, 0.5) is 5.69 Å². The van der Waals surface area contributed by atoms with Crippen LogP contribution in [0.15, 0.2) is 24.3 Å². The number of alkyl halides is 1. The summed E-state index contributed by atoms with van der Waals surface area (Å²) in [6.07, 6.45) is 4.64. The van der Waals surface area contributed by atoms with Crippen molar-refractivity contribution in [3.63, 3.8) is 0 Å². The molecule has 1 amide bonds. The Hall–Kier alpha value is -1.02. The number of rotatable bonds is 3. The zero-order chi connectivity index (χ0) is 12.1. The van der Waals surface area contributed by atoms with Gasteiger partial charge in [0.25, 0.3) is 0 Å². The minimum Gasteiger partial charge on any atom is -0.312 e. The van der Waals surface area contributed by atoms with E-state index in [1.165, 1.54) is 5.56 Å². The van der Waals surface area contributed by atoms with Gasteiger partial charge >= 0.3 is 0 Å². The summed E-state index contributed by atoms with van der Waals surface area (Å²) in [5.41, 5.74) is 2.40. The van der Waals surface area contributed by atoms with Gasteiger partial charge in [-0.2, -0.15) is 0 Å². The number of hydrogen-bond acceptors (Lipinski definition) is 1. The molecular weight excluding hydrogens is 234 g/mol. The summed E-state index contributed by atoms with van der Waals surface area (Å²) in [6.45, 7) is 0.845. The van der Waals surface area contributed by atoms with Gasteiger partial charge in [-0.05, 0) is 37.3 Å². The van der Waals surface area contributed by atoms with Crippen LogP contribution < -0.4 is 4.90 Å². The summed E-state index contributed by atoms with van der Waals surface area (Å²) in [5.74, 6) is 0.765. The van der Waals surface area contributed by atoms with Crippen LogP contribution in [0.5, 0.6) is 0 Å². The molecule has 0 unspecified atom stereocenters. The summed E-state index contributed by atoms with van der Waals surface area (Å²) in [5, 5.41) is 0. The number of nitrogens with zero attached hydrogens (tertiary/aromatic N) is 1. The van der Waals surface area contributed by atoms with E-state index >= 15 is 0 Å². The Morgan fingerprint density at radius 2 is 2.12 bits per heavy atom. The van der Waals surface area contributed by atoms with Crippen molar-refractivity contribution < 1.29 is 4.79 Å². The number of amides is 1. The number of fused-ring (bicyclic) bond motifs is 1. The maximum Gasteiger partial charge on any atom is 0.227 e. The molecule has 0 bridgehead atoms. The summed E-state index contributed by atoms with van der Waals surface area (Å²) in [7, 11) is 0. The molecule has 1 heterocycles. The smallest absolute Gasteiger partial charge is 0.227 e. The average molecular weight is 252 g/mol. The molecule has 1 aliphatic rings. The molecule has 0 aromatic heterocycles. The van der Waals surface area contributed by atoms with Crippen LogP contribution in [0.25, 0.3) is 0 Å². The third kappa shape index (κ3) is 3.01. The largest absolute Gasteiger partial charge is 0.312 e. The maximum absolute atomic E-state index is 12.1. The first-order valence-corrected chi connectivity index (χ1v) is 6.80. The minimum absolute atomic E-state index is 0.208. The van der Waals surface area contributed by atoms with Crippen LogP contribution in [-0.2, 0) is 11.2 Å². The number of carbonyl (C=O) groups is 1. The van der Waals surface area contributed by atoms with E-state index in [2.05, 4.69) is 12.1 Å². The summed E-state index contributed by atoms with van der Waals surface area (Å²) < 4.78 is 0. The molecule has 0 saturated carbocycles. The van der Waals surface area contributed by atoms with E-state index in [1.807, 2.05) is 17.0 Å². The van der Waals surface area contributed by atoms with Gasteiger partial charge in [-0.1, -0.05) is 18.2 Å². The molecule has 0 spiro atoms. The van der Waals surface area contributed by atoms with E-state index < -0.39 is 0 Å². The molecule has 1 aromatic carbocycles. The van der Waals surface area contributed by atoms with E-state index in [0.717, 1.165) is 37.9 Å². The van der Waals surface area contributed by atoms with Crippen LogP contribution >= 0.6 is 11.6 Å². The number of benzene rings is 1. The van der Waals surface area contributed by atoms with Crippen molar-refractivity contribution in [1.29, 1.82) is 0 Å². The van der Waals surface area contributed by atoms with Crippen LogP contribution in [0.2, 0.25) is 0 Å². The second kappa shape index (κ2) is 6.06. The lowest BCUT2D eigenvalue weighted by Crippen LogP contribution is -2.31. The SMILES string of the molecule is O=C(CCCCl)N1CCCCc2ccccc21. The Bertz CT molecular complexity index is 392. The van der Waals surface area contributed by atoms with E-state index in [1.54, 1.807) is 0 Å². The molecule has 2 nitrogen and oxygen atoms in total. The fourth-order valence-corrected chi connectivity index (χ4v) is 2.44. The van der Waals surface area contributed by atoms with Crippen molar-refractivity contribution in [3.8, 4) is 0 Å². The number of para-hydroxylation sites is 1. The van der Waals surface area contributed by atoms with Gasteiger partial charge in [-0.25, -0.2) is 0 Å². The molecule has 3 heteroatoms. The highest BCUT2D eigenvalue weighted by Crippen LogP contribution is 2.26. The van der Waals surface area contributed by atoms with Crippen LogP contribution in [0, 0.1) is 0 Å². The van der Waals surface area contributed by atoms with Gasteiger partial charge < -0.3 is 4.90 Å². The fraction of sp³-hybridized carbons (Fsp3) is 0.500. The summed E-state index contributed by atoms with van der Waals surface area (Å²) >= 11 is 5.65. The molecule has 0 atom stereocenters. The first-order chi connectivity index (χ1) is 8.33. The predicted molar refractivity (Wildman–Crippen MR) is 71.7 cm³/mol. The molecule has 0 N–H and O–H groups in total. The lowest BCUT2D eigenvalue weighted by Gasteiger charge is -2.22. The fourth-order valence-electron chi connectivity index (χ4n) is 2.30. The topological polar surface area (TPSA) is 20.3 Å². The molecule has 0 aliphatic carbocycles. The van der Waals surface area contributed by atoms with Gasteiger partial charge in [0.05, 0.1) is 0 Å². The Morgan fingerprint density at radius 1 is 1.29 bits per heavy atom. The van der Waals surface area contributed by atoms with E-state index in [0.29, 0.717) is 12.3 Å². The second-order valence-corrected chi connectivity index (χ2v) is 4.80. The first kappa shape index (κ1) is 12.4. The van der Waals surface area contributed by atoms with Crippen LogP contribution in [0.1, 0.15) is 31.2 Å². The van der Waals surface area contributed by atoms with Gasteiger partial charge in [0.15, 0.2) is 0 Å². The quantitative estimate of drug-likeness (QED) is 0.755. The van der Waals surface area contributed by atoms with Crippen LogP contribution in [-0.4, -0.2) is 18.3 Å². The molecule has 1 aliphatic heterocycles. The van der Waals surface area contributed by atoms with Crippen LogP contribution in [0.3, 0.4) is 0 Å². The number of aryl methyl sites for hydroxylation is 1. The molecule has 0 radical (unpaired) electrons. The van der Waals surface area contributed by atoms with Gasteiger partial charge in [0.2, 0.25) is 5.91 Å². The van der Waals surface area contributed by atoms with Gasteiger partial charge in [0, 0.05) is 24.5 Å². The van der Waals surface area contributed by atoms with Gasteiger partial charge in [-0.15, -0.1) is 11.6 Å². The number of halogens is 1. The molecule has 2 rings (SSSR count). The second-order valence-electron chi connectivity index (χ2n) is 4.42. The Kier molecular flexibility index (Phi) is 4.43. The van der Waals surface area contributed by atoms with Crippen molar-refractivity contribution in [3.05, 3.63) is 29.8 Å². The zero-order valence-corrected chi connectivity index (χ0v) is 10.7. The normalized spacial score (nSPS) is 15.2. The molecule has 0 saturated heterocycles. The van der Waals surface area contributed by atoms with Gasteiger partial charge in [0.1, 0.15) is 0 Å². The van der Waals surface area contributed by atoms with Crippen molar-refractivity contribution in [2.45, 2.75) is 32.1 Å². The lowest BCUT2D eigenvalue weighted by atomic mass is 10.1. The molecule has 17 heavy (non-hydrogen) atoms. The number of anilines is 1. The lowest BCUT2D eigenvalue weighted by molar-refractivity contribution is -0.118. The highest BCUT2D eigenvalue weighted by atomic mass is 35.5. The average Bonchev–Trinajstić information content (AvgIpc) is 2.58. The zero-order valence-electron chi connectivity index (χ0n) is 9.99. The van der Waals surface area contributed by atoms with Crippen molar-refractivity contribution >= 4 is 23.2 Å². The standard InChI is InChI=1S/C14H18ClNO/c15-10-5-9-14(17)16-11-4-3-7-12-6-1-2-8-13(12)16/h1-2,6,8H,3-5,7,9-11H2. The summed E-state index contributed by atoms with van der Waals surface area (Å²) in [6, 6.07) is 8.24. The Balaban J connectivity index is 2.19. The third-order valence-corrected chi connectivity index (χ3v) is 3.45. The Morgan fingerprint density at radius 3 is 2.94 bits per heavy atom. The van der Waals surface area contributed by atoms with Gasteiger partial charge in [-0.3, -0.25) is 4.79 Å². The number of hydrogen-bond donors (Lipinski definition) is 0. The van der Waals surface area contributed by atoms with E-state index in [4.69, 9.17) is 11.6 Å². The predicted octanol–water partition coefficient (Wildman–Crippen LogP) is 3.37. The summed E-state index contributed by atoms with van der Waals surface area (Å²) in [4.78, 5) is 14.1. The highest BCUT2D eigenvalue weighted by molar-refractivity contribution is 6.18. The molecule has 92 valence electrons. The van der Waals surface area contributed by atoms with E-state index in [-0.39, 0.29) is 5.91 Å². The highest BCUT2D eigenvalue weighted by Gasteiger charge is 2.19. The van der Waals surface area contributed by atoms with E-state index in [9.17, 15) is 4.79 Å². The minimum atomic E-state index is 0.208. The molecular formula is C14H18ClNO. The monoisotopic (exact) mass is 251 g/mol. The molecule has 0 fully saturated rings. The van der Waals surface area contributed by atoms with Crippen molar-refractivity contribution in [2.75, 3.05) is 17.3 Å². The number of carbonyl (C=O) groups excluding carboxylic acids is 1. The van der Waals surface area contributed by atoms with Crippen molar-refractivity contribution in [2.24, 2.45) is 0 Å². The molecule has 1 aromatic rings. The maximum atomic E-state index is 12.1. The third-order valence-electron chi connectivity index (χ3n) is 3.19. The van der Waals surface area contributed by atoms with Crippen molar-refractivity contribution in [1.82, 2.24) is 0 Å². The first-order valence-electron chi connectivity index (χ1n) is 6.27.